The van der Waals surface area contributed by atoms with Gasteiger partial charge in [-0.25, -0.2) is 42.5 Å². The Morgan fingerprint density at radius 1 is 0.533 bits per heavy atom. The summed E-state index contributed by atoms with van der Waals surface area (Å²) in [5.74, 6) is -2.94. The van der Waals surface area contributed by atoms with Crippen molar-refractivity contribution >= 4 is 36.5 Å². The minimum atomic E-state index is -0.981. The molecule has 1 rings (SSSR count). The lowest BCUT2D eigenvalue weighted by atomic mass is 10.7. The molecule has 0 fully saturated rings. The Labute approximate surface area is 169 Å². The zero-order valence-electron chi connectivity index (χ0n) is 15.8. The molecule has 0 radical (unpaired) electrons. The topological polar surface area (TPSA) is 178 Å². The number of carbonyl (C=O) groups is 3. The van der Waals surface area contributed by atoms with Crippen molar-refractivity contribution in [3.63, 3.8) is 0 Å². The molecule has 0 aliphatic rings. The van der Waals surface area contributed by atoms with E-state index in [0.29, 0.717) is 13.7 Å². The van der Waals surface area contributed by atoms with Gasteiger partial charge in [0.05, 0.1) is 0 Å². The first-order valence-electron chi connectivity index (χ1n) is 7.33. The van der Waals surface area contributed by atoms with Crippen LogP contribution in [0.3, 0.4) is 0 Å². The summed E-state index contributed by atoms with van der Waals surface area (Å²) in [6.45, 7) is 18.8. The van der Waals surface area contributed by atoms with Crippen LogP contribution in [0.2, 0.25) is 0 Å². The van der Waals surface area contributed by atoms with Crippen molar-refractivity contribution in [3.05, 3.63) is 89.2 Å². The maximum Gasteiger partial charge on any atom is 0.344 e. The van der Waals surface area contributed by atoms with Gasteiger partial charge in [0.15, 0.2) is 0 Å². The Kier molecular flexibility index (Phi) is 16.4. The standard InChI is InChI=1S/C9H9N3O3.3C3H4O2/c1-4-10-7(13)11(5-2)9(15)12(6-3)8(10)14;3*1-2-3(4)5/h4-6H,1-3H2;3*2H,1H2,(H,4,5). The molecule has 0 aliphatic heterocycles. The lowest BCUT2D eigenvalue weighted by Gasteiger charge is -2.04. The SMILES string of the molecule is C=CC(=O)O.C=CC(=O)O.C=CC(=O)O.C=Cn1c(=O)n(C=C)c(=O)n(C=C)c1=O. The Hall–Kier alpha value is -4.74. The molecule has 1 aromatic rings. The summed E-state index contributed by atoms with van der Waals surface area (Å²) < 4.78 is 2.06. The van der Waals surface area contributed by atoms with E-state index in [1.165, 1.54) is 0 Å². The van der Waals surface area contributed by atoms with Gasteiger partial charge in [-0.1, -0.05) is 39.5 Å². The van der Waals surface area contributed by atoms with Crippen LogP contribution in [-0.2, 0) is 14.4 Å². The number of carboxylic acid groups (broad SMARTS) is 3. The first-order valence-corrected chi connectivity index (χ1v) is 7.33. The Morgan fingerprint density at radius 3 is 0.733 bits per heavy atom. The Bertz CT molecular complexity index is 848. The van der Waals surface area contributed by atoms with Gasteiger partial charge in [-0.15, -0.1) is 0 Å². The molecule has 0 atom stereocenters. The van der Waals surface area contributed by atoms with E-state index >= 15 is 0 Å². The quantitative estimate of drug-likeness (QED) is 0.541. The smallest absolute Gasteiger partial charge is 0.344 e. The molecule has 12 heteroatoms. The molecule has 0 bridgehead atoms. The number of carboxylic acids is 3. The molecule has 1 heterocycles. The number of hydrogen-bond donors (Lipinski definition) is 3. The molecule has 3 N–H and O–H groups in total. The van der Waals surface area contributed by atoms with E-state index in [0.717, 1.165) is 36.8 Å². The minimum Gasteiger partial charge on any atom is -0.478 e. The highest BCUT2D eigenvalue weighted by molar-refractivity contribution is 5.79. The van der Waals surface area contributed by atoms with Crippen LogP contribution in [0.25, 0.3) is 18.6 Å². The molecule has 0 saturated carbocycles. The Balaban J connectivity index is -0.000000400. The third-order valence-electron chi connectivity index (χ3n) is 2.31. The molecular weight excluding hydrogens is 402 g/mol. The second kappa shape index (κ2) is 16.4. The first kappa shape index (κ1) is 30.0. The normalized spacial score (nSPS) is 8.00. The zero-order valence-corrected chi connectivity index (χ0v) is 15.8. The van der Waals surface area contributed by atoms with E-state index in [1.54, 1.807) is 0 Å². The molecule has 30 heavy (non-hydrogen) atoms. The third kappa shape index (κ3) is 11.8. The number of aliphatic carboxylic acids is 3. The van der Waals surface area contributed by atoms with Crippen molar-refractivity contribution in [1.82, 2.24) is 13.7 Å². The number of nitrogens with zero attached hydrogens (tertiary/aromatic N) is 3. The van der Waals surface area contributed by atoms with Crippen LogP contribution in [0.1, 0.15) is 0 Å². The van der Waals surface area contributed by atoms with Crippen LogP contribution < -0.4 is 17.1 Å². The van der Waals surface area contributed by atoms with Crippen LogP contribution in [0.15, 0.2) is 72.1 Å². The fraction of sp³-hybridized carbons (Fsp3) is 0. The summed E-state index contributed by atoms with van der Waals surface area (Å²) >= 11 is 0. The number of rotatable bonds is 6. The molecule has 0 amide bonds. The van der Waals surface area contributed by atoms with Crippen molar-refractivity contribution in [3.8, 4) is 0 Å². The minimum absolute atomic E-state index is 0.685. The fourth-order valence-electron chi connectivity index (χ4n) is 1.06. The van der Waals surface area contributed by atoms with Gasteiger partial charge in [0.25, 0.3) is 0 Å². The second-order valence-corrected chi connectivity index (χ2v) is 4.13. The van der Waals surface area contributed by atoms with Gasteiger partial charge in [-0.05, 0) is 0 Å². The predicted octanol–water partition coefficient (Wildman–Crippen LogP) is 0.244. The summed E-state index contributed by atoms with van der Waals surface area (Å²) in [7, 11) is 0. The van der Waals surface area contributed by atoms with Crippen LogP contribution in [0.5, 0.6) is 0 Å². The van der Waals surface area contributed by atoms with Crippen molar-refractivity contribution in [2.24, 2.45) is 0 Å². The van der Waals surface area contributed by atoms with Gasteiger partial charge in [0.1, 0.15) is 0 Å². The van der Waals surface area contributed by atoms with E-state index in [9.17, 15) is 28.8 Å². The molecule has 0 spiro atoms. The molecule has 0 saturated heterocycles. The monoisotopic (exact) mass is 423 g/mol. The van der Waals surface area contributed by atoms with Crippen LogP contribution in [-0.4, -0.2) is 46.9 Å². The highest BCUT2D eigenvalue weighted by Crippen LogP contribution is 1.75. The summed E-state index contributed by atoms with van der Waals surface area (Å²) in [5, 5.41) is 22.8. The average molecular weight is 423 g/mol. The average Bonchev–Trinajstić information content (AvgIpc) is 2.70. The zero-order chi connectivity index (χ0) is 24.4. The van der Waals surface area contributed by atoms with E-state index in [2.05, 4.69) is 39.5 Å². The van der Waals surface area contributed by atoms with Gasteiger partial charge in [0, 0.05) is 36.8 Å². The molecule has 12 nitrogen and oxygen atoms in total. The fourth-order valence-corrected chi connectivity index (χ4v) is 1.06. The van der Waals surface area contributed by atoms with Crippen molar-refractivity contribution in [2.75, 3.05) is 0 Å². The largest absolute Gasteiger partial charge is 0.478 e. The summed E-state index contributed by atoms with van der Waals surface area (Å²) in [6, 6.07) is 0. The van der Waals surface area contributed by atoms with E-state index in [4.69, 9.17) is 15.3 Å². The second-order valence-electron chi connectivity index (χ2n) is 4.13. The predicted molar refractivity (Wildman–Crippen MR) is 112 cm³/mol. The lowest BCUT2D eigenvalue weighted by molar-refractivity contribution is -0.132. The van der Waals surface area contributed by atoms with Crippen molar-refractivity contribution in [1.29, 1.82) is 0 Å². The molecule has 0 unspecified atom stereocenters. The summed E-state index contributed by atoms with van der Waals surface area (Å²) in [6.07, 6.45) is 5.55. The van der Waals surface area contributed by atoms with E-state index in [-0.39, 0.29) is 0 Å². The first-order chi connectivity index (χ1) is 13.9. The van der Waals surface area contributed by atoms with E-state index < -0.39 is 35.0 Å². The third-order valence-corrected chi connectivity index (χ3v) is 2.31. The Morgan fingerprint density at radius 2 is 0.667 bits per heavy atom. The maximum absolute atomic E-state index is 11.5. The van der Waals surface area contributed by atoms with Crippen LogP contribution in [0.4, 0.5) is 0 Å². The highest BCUT2D eigenvalue weighted by Gasteiger charge is 2.09. The van der Waals surface area contributed by atoms with Crippen LogP contribution >= 0.6 is 0 Å². The van der Waals surface area contributed by atoms with Gasteiger partial charge in [0.2, 0.25) is 0 Å². The van der Waals surface area contributed by atoms with Crippen molar-refractivity contribution < 1.29 is 29.7 Å². The van der Waals surface area contributed by atoms with Gasteiger partial charge >= 0.3 is 35.0 Å². The number of hydrogen-bond acceptors (Lipinski definition) is 6. The summed E-state index contributed by atoms with van der Waals surface area (Å²) in [5.41, 5.74) is -2.44. The van der Waals surface area contributed by atoms with Gasteiger partial charge in [-0.3, -0.25) is 0 Å². The highest BCUT2D eigenvalue weighted by atomic mass is 16.4. The van der Waals surface area contributed by atoms with Gasteiger partial charge < -0.3 is 15.3 Å². The molecular formula is C18H21N3O9. The number of aromatic nitrogens is 3. The molecule has 1 aromatic heterocycles. The van der Waals surface area contributed by atoms with Crippen LogP contribution in [0, 0.1) is 0 Å². The molecule has 0 aliphatic carbocycles. The lowest BCUT2D eigenvalue weighted by Crippen LogP contribution is -2.50. The molecule has 0 aromatic carbocycles. The van der Waals surface area contributed by atoms with Gasteiger partial charge in [-0.2, -0.15) is 0 Å². The summed E-state index contributed by atoms with van der Waals surface area (Å²) in [4.78, 5) is 62.2. The maximum atomic E-state index is 11.5. The van der Waals surface area contributed by atoms with E-state index in [1.807, 2.05) is 0 Å². The molecule has 162 valence electrons. The van der Waals surface area contributed by atoms with Crippen molar-refractivity contribution in [2.45, 2.75) is 0 Å².